The van der Waals surface area contributed by atoms with E-state index in [1.165, 1.54) is 11.3 Å². The summed E-state index contributed by atoms with van der Waals surface area (Å²) in [6, 6.07) is 2.61. The molecule has 1 atom stereocenters. The number of fused-ring (bicyclic) bond motifs is 3. The highest BCUT2D eigenvalue weighted by Crippen LogP contribution is 2.31. The van der Waals surface area contributed by atoms with Crippen LogP contribution in [0.15, 0.2) is 24.7 Å². The lowest BCUT2D eigenvalue weighted by Crippen LogP contribution is -2.14. The molecule has 0 saturated carbocycles. The molecule has 66 valence electrons. The van der Waals surface area contributed by atoms with E-state index in [1.54, 1.807) is 0 Å². The standard InChI is InChI=1S/C10H11N3/c1-7-6-9-8(2-3-11-9)10-12-4-5-13(7)10/h2-5,7,11H,6H2,1H3/t7-/m1/s1. The number of hydrogen-bond acceptors (Lipinski definition) is 1. The van der Waals surface area contributed by atoms with E-state index in [-0.39, 0.29) is 0 Å². The van der Waals surface area contributed by atoms with Gasteiger partial charge in [-0.2, -0.15) is 0 Å². The van der Waals surface area contributed by atoms with Crippen molar-refractivity contribution in [1.82, 2.24) is 14.5 Å². The Kier molecular flexibility index (Phi) is 1.20. The van der Waals surface area contributed by atoms with Gasteiger partial charge in [0.05, 0.1) is 0 Å². The summed E-state index contributed by atoms with van der Waals surface area (Å²) < 4.78 is 2.23. The third-order valence-electron chi connectivity index (χ3n) is 2.72. The second-order valence-corrected chi connectivity index (χ2v) is 3.58. The van der Waals surface area contributed by atoms with Crippen LogP contribution >= 0.6 is 0 Å². The Balaban J connectivity index is 2.30. The van der Waals surface area contributed by atoms with Crippen molar-refractivity contribution in [2.75, 3.05) is 0 Å². The van der Waals surface area contributed by atoms with Crippen LogP contribution in [0.2, 0.25) is 0 Å². The number of nitrogens with one attached hydrogen (secondary N) is 1. The number of rotatable bonds is 0. The molecule has 3 nitrogen and oxygen atoms in total. The minimum absolute atomic E-state index is 0.517. The molecule has 0 aromatic carbocycles. The molecule has 0 saturated heterocycles. The Labute approximate surface area is 76.4 Å². The molecule has 0 radical (unpaired) electrons. The summed E-state index contributed by atoms with van der Waals surface area (Å²) >= 11 is 0. The number of hydrogen-bond donors (Lipinski definition) is 1. The third kappa shape index (κ3) is 0.813. The van der Waals surface area contributed by atoms with E-state index in [9.17, 15) is 0 Å². The summed E-state index contributed by atoms with van der Waals surface area (Å²) in [5, 5.41) is 0. The number of nitrogens with zero attached hydrogens (tertiary/aromatic N) is 2. The Bertz CT molecular complexity index is 438. The van der Waals surface area contributed by atoms with Gasteiger partial charge in [-0.1, -0.05) is 0 Å². The minimum Gasteiger partial charge on any atom is -0.364 e. The van der Waals surface area contributed by atoms with Crippen LogP contribution in [0.1, 0.15) is 18.7 Å². The molecule has 2 aromatic rings. The van der Waals surface area contributed by atoms with E-state index in [0.29, 0.717) is 6.04 Å². The largest absolute Gasteiger partial charge is 0.364 e. The SMILES string of the molecule is C[C@@H]1Cc2[nH]ccc2-c2nccn21. The van der Waals surface area contributed by atoms with E-state index in [2.05, 4.69) is 33.7 Å². The predicted octanol–water partition coefficient (Wildman–Crippen LogP) is 2.00. The van der Waals surface area contributed by atoms with Gasteiger partial charge in [-0.05, 0) is 13.0 Å². The lowest BCUT2D eigenvalue weighted by molar-refractivity contribution is 0.531. The monoisotopic (exact) mass is 173 g/mol. The van der Waals surface area contributed by atoms with Gasteiger partial charge in [0.2, 0.25) is 0 Å². The molecule has 3 heterocycles. The maximum Gasteiger partial charge on any atom is 0.141 e. The van der Waals surface area contributed by atoms with E-state index in [4.69, 9.17) is 0 Å². The lowest BCUT2D eigenvalue weighted by Gasteiger charge is -2.21. The zero-order valence-electron chi connectivity index (χ0n) is 7.49. The Hall–Kier alpha value is -1.51. The number of aromatic amines is 1. The predicted molar refractivity (Wildman–Crippen MR) is 50.4 cm³/mol. The normalized spacial score (nSPS) is 19.6. The van der Waals surface area contributed by atoms with Crippen molar-refractivity contribution < 1.29 is 0 Å². The van der Waals surface area contributed by atoms with Crippen LogP contribution in [-0.2, 0) is 6.42 Å². The molecular formula is C10H11N3. The molecular weight excluding hydrogens is 162 g/mol. The number of aromatic nitrogens is 3. The lowest BCUT2D eigenvalue weighted by atomic mass is 10.0. The quantitative estimate of drug-likeness (QED) is 0.649. The first-order valence-electron chi connectivity index (χ1n) is 4.55. The Morgan fingerprint density at radius 1 is 1.62 bits per heavy atom. The van der Waals surface area contributed by atoms with Gasteiger partial charge in [-0.3, -0.25) is 0 Å². The summed E-state index contributed by atoms with van der Waals surface area (Å²) in [6.45, 7) is 2.22. The first kappa shape index (κ1) is 6.95. The van der Waals surface area contributed by atoms with Crippen molar-refractivity contribution in [3.8, 4) is 11.4 Å². The van der Waals surface area contributed by atoms with Crippen LogP contribution in [-0.4, -0.2) is 14.5 Å². The summed E-state index contributed by atoms with van der Waals surface area (Å²) in [5.74, 6) is 1.09. The van der Waals surface area contributed by atoms with E-state index >= 15 is 0 Å². The fraction of sp³-hybridized carbons (Fsp3) is 0.300. The second kappa shape index (κ2) is 2.25. The Morgan fingerprint density at radius 3 is 3.46 bits per heavy atom. The van der Waals surface area contributed by atoms with Crippen molar-refractivity contribution >= 4 is 0 Å². The molecule has 1 aliphatic rings. The van der Waals surface area contributed by atoms with Crippen LogP contribution in [0.4, 0.5) is 0 Å². The fourth-order valence-corrected chi connectivity index (χ4v) is 2.05. The average molecular weight is 173 g/mol. The molecule has 0 aliphatic carbocycles. The van der Waals surface area contributed by atoms with Gasteiger partial charge >= 0.3 is 0 Å². The van der Waals surface area contributed by atoms with Gasteiger partial charge in [-0.15, -0.1) is 0 Å². The highest BCUT2D eigenvalue weighted by atomic mass is 15.1. The van der Waals surface area contributed by atoms with E-state index in [0.717, 1.165) is 12.2 Å². The topological polar surface area (TPSA) is 33.6 Å². The van der Waals surface area contributed by atoms with Crippen LogP contribution in [0.3, 0.4) is 0 Å². The first-order chi connectivity index (χ1) is 6.36. The van der Waals surface area contributed by atoms with E-state index in [1.807, 2.05) is 12.4 Å². The second-order valence-electron chi connectivity index (χ2n) is 3.58. The van der Waals surface area contributed by atoms with Gasteiger partial charge in [0.15, 0.2) is 0 Å². The molecule has 1 N–H and O–H groups in total. The molecule has 0 spiro atoms. The number of imidazole rings is 1. The van der Waals surface area contributed by atoms with Crippen molar-refractivity contribution in [2.24, 2.45) is 0 Å². The maximum absolute atomic E-state index is 4.36. The Morgan fingerprint density at radius 2 is 2.54 bits per heavy atom. The van der Waals surface area contributed by atoms with Gasteiger partial charge < -0.3 is 9.55 Å². The van der Waals surface area contributed by atoms with Crippen LogP contribution in [0.25, 0.3) is 11.4 Å². The van der Waals surface area contributed by atoms with E-state index < -0.39 is 0 Å². The van der Waals surface area contributed by atoms with Crippen molar-refractivity contribution in [2.45, 2.75) is 19.4 Å². The first-order valence-corrected chi connectivity index (χ1v) is 4.55. The van der Waals surface area contributed by atoms with Crippen molar-refractivity contribution in [3.63, 3.8) is 0 Å². The molecule has 0 fully saturated rings. The molecule has 0 unspecified atom stereocenters. The minimum atomic E-state index is 0.517. The summed E-state index contributed by atoms with van der Waals surface area (Å²) in [7, 11) is 0. The maximum atomic E-state index is 4.36. The highest BCUT2D eigenvalue weighted by Gasteiger charge is 2.21. The van der Waals surface area contributed by atoms with Crippen molar-refractivity contribution in [1.29, 1.82) is 0 Å². The van der Waals surface area contributed by atoms with Crippen LogP contribution in [0, 0.1) is 0 Å². The smallest absolute Gasteiger partial charge is 0.141 e. The zero-order valence-corrected chi connectivity index (χ0v) is 7.49. The summed E-state index contributed by atoms with van der Waals surface area (Å²) in [4.78, 5) is 7.63. The molecule has 13 heavy (non-hydrogen) atoms. The fourth-order valence-electron chi connectivity index (χ4n) is 2.05. The van der Waals surface area contributed by atoms with Gasteiger partial charge in [0.1, 0.15) is 5.82 Å². The van der Waals surface area contributed by atoms with Gasteiger partial charge in [0.25, 0.3) is 0 Å². The molecule has 3 rings (SSSR count). The molecule has 2 aromatic heterocycles. The highest BCUT2D eigenvalue weighted by molar-refractivity contribution is 5.61. The third-order valence-corrected chi connectivity index (χ3v) is 2.72. The molecule has 3 heteroatoms. The summed E-state index contributed by atoms with van der Waals surface area (Å²) in [5.41, 5.74) is 2.56. The van der Waals surface area contributed by atoms with Gasteiger partial charge in [-0.25, -0.2) is 4.98 Å². The van der Waals surface area contributed by atoms with Gasteiger partial charge in [0, 0.05) is 42.3 Å². The molecule has 0 amide bonds. The summed E-state index contributed by atoms with van der Waals surface area (Å²) in [6.07, 6.45) is 6.98. The van der Waals surface area contributed by atoms with Crippen LogP contribution in [0.5, 0.6) is 0 Å². The average Bonchev–Trinajstić information content (AvgIpc) is 2.66. The zero-order chi connectivity index (χ0) is 8.84. The molecule has 1 aliphatic heterocycles. The van der Waals surface area contributed by atoms with Crippen LogP contribution < -0.4 is 0 Å². The van der Waals surface area contributed by atoms with Crippen molar-refractivity contribution in [3.05, 3.63) is 30.4 Å². The number of H-pyrrole nitrogens is 1. The molecule has 0 bridgehead atoms.